The third kappa shape index (κ3) is 3.61. The minimum absolute atomic E-state index is 0.108. The second-order valence-corrected chi connectivity index (χ2v) is 4.63. The molecule has 3 heterocycles. The molecule has 8 nitrogen and oxygen atoms in total. The lowest BCUT2D eigenvalue weighted by atomic mass is 10.2. The minimum atomic E-state index is -0.365. The SMILES string of the molecule is COCc1ccc(C(=O)NCc2nc(-c3ccncc3)no2)o1. The molecule has 23 heavy (non-hydrogen) atoms. The van der Waals surface area contributed by atoms with E-state index in [1.807, 2.05) is 0 Å². The van der Waals surface area contributed by atoms with Crippen molar-refractivity contribution >= 4 is 5.91 Å². The molecule has 0 aromatic carbocycles. The van der Waals surface area contributed by atoms with E-state index in [-0.39, 0.29) is 18.2 Å². The molecule has 118 valence electrons. The van der Waals surface area contributed by atoms with Crippen LogP contribution in [0.15, 0.2) is 45.6 Å². The monoisotopic (exact) mass is 314 g/mol. The Kier molecular flexibility index (Phi) is 4.44. The maximum atomic E-state index is 12.0. The van der Waals surface area contributed by atoms with Crippen LogP contribution in [0, 0.1) is 0 Å². The van der Waals surface area contributed by atoms with Crippen LogP contribution in [0.2, 0.25) is 0 Å². The Bertz CT molecular complexity index is 782. The number of furan rings is 1. The Morgan fingerprint density at radius 2 is 2.09 bits per heavy atom. The van der Waals surface area contributed by atoms with Crippen molar-refractivity contribution in [2.45, 2.75) is 13.2 Å². The fourth-order valence-corrected chi connectivity index (χ4v) is 1.91. The molecule has 8 heteroatoms. The second-order valence-electron chi connectivity index (χ2n) is 4.63. The summed E-state index contributed by atoms with van der Waals surface area (Å²) in [5, 5.41) is 6.51. The number of amides is 1. The van der Waals surface area contributed by atoms with Crippen molar-refractivity contribution in [3.05, 3.63) is 54.1 Å². The van der Waals surface area contributed by atoms with Crippen molar-refractivity contribution in [3.8, 4) is 11.4 Å². The number of carbonyl (C=O) groups is 1. The van der Waals surface area contributed by atoms with Gasteiger partial charge in [-0.1, -0.05) is 5.16 Å². The standard InChI is InChI=1S/C15H14N4O4/c1-21-9-11-2-3-12(22-11)15(20)17-8-13-18-14(19-23-13)10-4-6-16-7-5-10/h2-7H,8-9H2,1H3,(H,17,20). The molecular formula is C15H14N4O4. The molecule has 0 unspecified atom stereocenters. The third-order valence-corrected chi connectivity index (χ3v) is 2.98. The smallest absolute Gasteiger partial charge is 0.287 e. The summed E-state index contributed by atoms with van der Waals surface area (Å²) in [6.07, 6.45) is 3.28. The number of ether oxygens (including phenoxy) is 1. The summed E-state index contributed by atoms with van der Waals surface area (Å²) in [7, 11) is 1.55. The van der Waals surface area contributed by atoms with E-state index >= 15 is 0 Å². The molecule has 0 radical (unpaired) electrons. The Morgan fingerprint density at radius 1 is 1.26 bits per heavy atom. The van der Waals surface area contributed by atoms with Gasteiger partial charge >= 0.3 is 0 Å². The highest BCUT2D eigenvalue weighted by molar-refractivity contribution is 5.91. The van der Waals surface area contributed by atoms with Crippen LogP contribution >= 0.6 is 0 Å². The van der Waals surface area contributed by atoms with Gasteiger partial charge in [0.1, 0.15) is 12.4 Å². The van der Waals surface area contributed by atoms with Crippen LogP contribution in [-0.2, 0) is 17.9 Å². The maximum Gasteiger partial charge on any atom is 0.287 e. The topological polar surface area (TPSA) is 103 Å². The van der Waals surface area contributed by atoms with E-state index in [4.69, 9.17) is 13.7 Å². The average Bonchev–Trinajstić information content (AvgIpc) is 3.23. The fraction of sp³-hybridized carbons (Fsp3) is 0.200. The van der Waals surface area contributed by atoms with Gasteiger partial charge in [0.25, 0.3) is 5.91 Å². The Balaban J connectivity index is 1.60. The number of carbonyl (C=O) groups excluding carboxylic acids is 1. The van der Waals surface area contributed by atoms with Gasteiger partial charge in [-0.15, -0.1) is 0 Å². The lowest BCUT2D eigenvalue weighted by Gasteiger charge is -1.99. The maximum absolute atomic E-state index is 12.0. The molecule has 3 aromatic heterocycles. The zero-order valence-corrected chi connectivity index (χ0v) is 12.4. The van der Waals surface area contributed by atoms with Gasteiger partial charge in [0, 0.05) is 25.1 Å². The number of hydrogen-bond acceptors (Lipinski definition) is 7. The molecule has 0 fully saturated rings. The largest absolute Gasteiger partial charge is 0.453 e. The normalized spacial score (nSPS) is 10.7. The number of aromatic nitrogens is 3. The van der Waals surface area contributed by atoms with E-state index in [1.54, 1.807) is 43.8 Å². The molecule has 3 rings (SSSR count). The number of nitrogens with zero attached hydrogens (tertiary/aromatic N) is 3. The molecule has 0 saturated carbocycles. The highest BCUT2D eigenvalue weighted by Gasteiger charge is 2.13. The molecule has 1 amide bonds. The molecule has 0 aliphatic rings. The fourth-order valence-electron chi connectivity index (χ4n) is 1.91. The van der Waals surface area contributed by atoms with Crippen LogP contribution in [0.1, 0.15) is 22.2 Å². The summed E-state index contributed by atoms with van der Waals surface area (Å²) >= 11 is 0. The van der Waals surface area contributed by atoms with Crippen molar-refractivity contribution in [2.24, 2.45) is 0 Å². The van der Waals surface area contributed by atoms with Gasteiger partial charge < -0.3 is 19.0 Å². The van der Waals surface area contributed by atoms with E-state index in [9.17, 15) is 4.79 Å². The molecular weight excluding hydrogens is 300 g/mol. The quantitative estimate of drug-likeness (QED) is 0.740. The molecule has 0 spiro atoms. The minimum Gasteiger partial charge on any atom is -0.453 e. The van der Waals surface area contributed by atoms with Crippen molar-refractivity contribution in [1.82, 2.24) is 20.4 Å². The Hall–Kier alpha value is -3.00. The van der Waals surface area contributed by atoms with Crippen molar-refractivity contribution in [3.63, 3.8) is 0 Å². The van der Waals surface area contributed by atoms with E-state index in [1.165, 1.54) is 0 Å². The molecule has 3 aromatic rings. The zero-order valence-electron chi connectivity index (χ0n) is 12.4. The van der Waals surface area contributed by atoms with Crippen molar-refractivity contribution in [2.75, 3.05) is 7.11 Å². The van der Waals surface area contributed by atoms with Crippen LogP contribution < -0.4 is 5.32 Å². The lowest BCUT2D eigenvalue weighted by Crippen LogP contribution is -2.22. The predicted octanol–water partition coefficient (Wildman–Crippen LogP) is 1.80. The van der Waals surface area contributed by atoms with Crippen LogP contribution in [0.3, 0.4) is 0 Å². The highest BCUT2D eigenvalue weighted by atomic mass is 16.5. The van der Waals surface area contributed by atoms with E-state index in [2.05, 4.69) is 20.4 Å². The van der Waals surface area contributed by atoms with Crippen LogP contribution in [0.5, 0.6) is 0 Å². The van der Waals surface area contributed by atoms with Gasteiger partial charge in [0.05, 0.1) is 6.54 Å². The summed E-state index contributed by atoms with van der Waals surface area (Å²) in [6.45, 7) is 0.420. The number of nitrogens with one attached hydrogen (secondary N) is 1. The van der Waals surface area contributed by atoms with Crippen LogP contribution in [0.25, 0.3) is 11.4 Å². The predicted molar refractivity (Wildman–Crippen MR) is 78.1 cm³/mol. The third-order valence-electron chi connectivity index (χ3n) is 2.98. The summed E-state index contributed by atoms with van der Waals surface area (Å²) in [4.78, 5) is 20.1. The molecule has 0 aliphatic carbocycles. The lowest BCUT2D eigenvalue weighted by molar-refractivity contribution is 0.0909. The molecule has 0 bridgehead atoms. The van der Waals surface area contributed by atoms with Gasteiger partial charge in [-0.2, -0.15) is 4.98 Å². The number of rotatable bonds is 6. The van der Waals surface area contributed by atoms with Gasteiger partial charge in [0.2, 0.25) is 11.7 Å². The van der Waals surface area contributed by atoms with Crippen molar-refractivity contribution < 1.29 is 18.5 Å². The molecule has 0 aliphatic heterocycles. The van der Waals surface area contributed by atoms with E-state index in [0.29, 0.717) is 24.1 Å². The molecule has 1 N–H and O–H groups in total. The van der Waals surface area contributed by atoms with Crippen molar-refractivity contribution in [1.29, 1.82) is 0 Å². The summed E-state index contributed by atoms with van der Waals surface area (Å²) in [6, 6.07) is 6.81. The average molecular weight is 314 g/mol. The first-order valence-corrected chi connectivity index (χ1v) is 6.85. The zero-order chi connectivity index (χ0) is 16.1. The van der Waals surface area contributed by atoms with Crippen LogP contribution in [0.4, 0.5) is 0 Å². The highest BCUT2D eigenvalue weighted by Crippen LogP contribution is 2.14. The number of pyridine rings is 1. The van der Waals surface area contributed by atoms with Gasteiger partial charge in [-0.3, -0.25) is 9.78 Å². The van der Waals surface area contributed by atoms with Crippen LogP contribution in [-0.4, -0.2) is 28.1 Å². The summed E-state index contributed by atoms with van der Waals surface area (Å²) in [5.41, 5.74) is 0.788. The number of hydrogen-bond donors (Lipinski definition) is 1. The first kappa shape index (κ1) is 14.9. The first-order chi connectivity index (χ1) is 11.3. The molecule has 0 atom stereocenters. The summed E-state index contributed by atoms with van der Waals surface area (Å²) in [5.74, 6) is 1.16. The van der Waals surface area contributed by atoms with E-state index in [0.717, 1.165) is 5.56 Å². The summed E-state index contributed by atoms with van der Waals surface area (Å²) < 4.78 is 15.4. The van der Waals surface area contributed by atoms with Gasteiger partial charge in [-0.05, 0) is 24.3 Å². The van der Waals surface area contributed by atoms with Gasteiger partial charge in [0.15, 0.2) is 5.76 Å². The Morgan fingerprint density at radius 3 is 2.87 bits per heavy atom. The second kappa shape index (κ2) is 6.84. The Labute approximate surface area is 131 Å². The molecule has 0 saturated heterocycles. The van der Waals surface area contributed by atoms with Gasteiger partial charge in [-0.25, -0.2) is 0 Å². The number of methoxy groups -OCH3 is 1. The van der Waals surface area contributed by atoms with E-state index < -0.39 is 0 Å². The first-order valence-electron chi connectivity index (χ1n) is 6.85.